The molecule has 0 amide bonds. The van der Waals surface area contributed by atoms with Crippen LogP contribution >= 0.6 is 0 Å². The minimum absolute atomic E-state index is 0.208. The van der Waals surface area contributed by atoms with E-state index in [4.69, 9.17) is 10.8 Å². The van der Waals surface area contributed by atoms with Gasteiger partial charge in [-0.1, -0.05) is 42.5 Å². The average Bonchev–Trinajstić information content (AvgIpc) is 2.46. The second-order valence-electron chi connectivity index (χ2n) is 4.27. The Bertz CT molecular complexity index is 538. The number of hydrogen-bond acceptors (Lipinski definition) is 3. The van der Waals surface area contributed by atoms with E-state index in [-0.39, 0.29) is 6.54 Å². The number of hydrogen-bond donors (Lipinski definition) is 3. The van der Waals surface area contributed by atoms with Crippen molar-refractivity contribution in [2.75, 3.05) is 11.9 Å². The van der Waals surface area contributed by atoms with Crippen molar-refractivity contribution in [3.05, 3.63) is 54.6 Å². The van der Waals surface area contributed by atoms with Gasteiger partial charge in [0.2, 0.25) is 0 Å². The zero-order valence-electron chi connectivity index (χ0n) is 10.4. The van der Waals surface area contributed by atoms with Gasteiger partial charge in [0.25, 0.3) is 0 Å². The molecule has 0 aliphatic heterocycles. The van der Waals surface area contributed by atoms with E-state index in [1.807, 2.05) is 54.6 Å². The number of anilines is 1. The van der Waals surface area contributed by atoms with Gasteiger partial charge in [-0.25, -0.2) is 0 Å². The minimum atomic E-state index is -1.01. The molecular formula is C15H16N2O2. The Labute approximate surface area is 111 Å². The van der Waals surface area contributed by atoms with Crippen LogP contribution in [-0.2, 0) is 4.79 Å². The second-order valence-corrected chi connectivity index (χ2v) is 4.27. The topological polar surface area (TPSA) is 75.3 Å². The molecule has 0 heterocycles. The predicted molar refractivity (Wildman–Crippen MR) is 76.0 cm³/mol. The van der Waals surface area contributed by atoms with E-state index in [9.17, 15) is 4.79 Å². The Hall–Kier alpha value is -2.33. The third-order valence-corrected chi connectivity index (χ3v) is 2.84. The maximum Gasteiger partial charge on any atom is 0.322 e. The molecule has 0 aliphatic rings. The van der Waals surface area contributed by atoms with E-state index in [2.05, 4.69) is 5.32 Å². The number of rotatable bonds is 5. The summed E-state index contributed by atoms with van der Waals surface area (Å²) in [6.07, 6.45) is 0. The molecule has 0 bridgehead atoms. The fourth-order valence-electron chi connectivity index (χ4n) is 1.73. The summed E-state index contributed by atoms with van der Waals surface area (Å²) < 4.78 is 0. The first-order valence-electron chi connectivity index (χ1n) is 6.04. The van der Waals surface area contributed by atoms with Crippen LogP contribution in [0.5, 0.6) is 0 Å². The monoisotopic (exact) mass is 256 g/mol. The standard InChI is InChI=1S/C15H16N2O2/c16-14(15(18)19)10-17-13-8-6-12(7-9-13)11-4-2-1-3-5-11/h1-9,14,17H,10,16H2,(H,18,19). The Morgan fingerprint density at radius 2 is 1.63 bits per heavy atom. The van der Waals surface area contributed by atoms with Crippen LogP contribution in [0, 0.1) is 0 Å². The van der Waals surface area contributed by atoms with Crippen molar-refractivity contribution in [2.45, 2.75) is 6.04 Å². The Kier molecular flexibility index (Phi) is 4.15. The van der Waals surface area contributed by atoms with E-state index in [1.165, 1.54) is 0 Å². The summed E-state index contributed by atoms with van der Waals surface area (Å²) in [6, 6.07) is 17.0. The van der Waals surface area contributed by atoms with Crippen LogP contribution in [-0.4, -0.2) is 23.7 Å². The van der Waals surface area contributed by atoms with Crippen LogP contribution < -0.4 is 11.1 Å². The van der Waals surface area contributed by atoms with Gasteiger partial charge in [0.1, 0.15) is 6.04 Å². The summed E-state index contributed by atoms with van der Waals surface area (Å²) in [5, 5.41) is 11.7. The summed E-state index contributed by atoms with van der Waals surface area (Å²) in [5.74, 6) is -1.01. The fourth-order valence-corrected chi connectivity index (χ4v) is 1.73. The Morgan fingerprint density at radius 1 is 1.05 bits per heavy atom. The first-order chi connectivity index (χ1) is 9.16. The van der Waals surface area contributed by atoms with Crippen molar-refractivity contribution in [2.24, 2.45) is 5.73 Å². The average molecular weight is 256 g/mol. The lowest BCUT2D eigenvalue weighted by atomic mass is 10.1. The fraction of sp³-hybridized carbons (Fsp3) is 0.133. The van der Waals surface area contributed by atoms with Crippen LogP contribution in [0.3, 0.4) is 0 Å². The highest BCUT2D eigenvalue weighted by Crippen LogP contribution is 2.20. The maximum atomic E-state index is 10.6. The van der Waals surface area contributed by atoms with Gasteiger partial charge in [0, 0.05) is 12.2 Å². The summed E-state index contributed by atoms with van der Waals surface area (Å²) in [7, 11) is 0. The molecule has 0 spiro atoms. The van der Waals surface area contributed by atoms with Crippen molar-refractivity contribution in [3.63, 3.8) is 0 Å². The second kappa shape index (κ2) is 6.02. The molecular weight excluding hydrogens is 240 g/mol. The maximum absolute atomic E-state index is 10.6. The van der Waals surface area contributed by atoms with E-state index in [1.54, 1.807) is 0 Å². The van der Waals surface area contributed by atoms with E-state index in [0.717, 1.165) is 16.8 Å². The number of carboxylic acid groups (broad SMARTS) is 1. The van der Waals surface area contributed by atoms with Gasteiger partial charge < -0.3 is 16.2 Å². The lowest BCUT2D eigenvalue weighted by molar-refractivity contribution is -0.138. The van der Waals surface area contributed by atoms with E-state index < -0.39 is 12.0 Å². The molecule has 0 radical (unpaired) electrons. The Morgan fingerprint density at radius 3 is 2.21 bits per heavy atom. The van der Waals surface area contributed by atoms with Crippen LogP contribution in [0.15, 0.2) is 54.6 Å². The van der Waals surface area contributed by atoms with E-state index in [0.29, 0.717) is 0 Å². The van der Waals surface area contributed by atoms with E-state index >= 15 is 0 Å². The van der Waals surface area contributed by atoms with Crippen molar-refractivity contribution in [1.82, 2.24) is 0 Å². The zero-order chi connectivity index (χ0) is 13.7. The smallest absolute Gasteiger partial charge is 0.322 e. The third kappa shape index (κ3) is 3.56. The van der Waals surface area contributed by atoms with Crippen molar-refractivity contribution < 1.29 is 9.90 Å². The first kappa shape index (κ1) is 13.1. The molecule has 1 unspecified atom stereocenters. The molecule has 0 saturated carbocycles. The number of nitrogens with two attached hydrogens (primary N) is 1. The van der Waals surface area contributed by atoms with Gasteiger partial charge in [-0.3, -0.25) is 4.79 Å². The first-order valence-corrected chi connectivity index (χ1v) is 6.04. The molecule has 4 nitrogen and oxygen atoms in total. The third-order valence-electron chi connectivity index (χ3n) is 2.84. The molecule has 1 atom stereocenters. The Balaban J connectivity index is 2.01. The van der Waals surface area contributed by atoms with Crippen molar-refractivity contribution >= 4 is 11.7 Å². The van der Waals surface area contributed by atoms with Gasteiger partial charge in [-0.05, 0) is 23.3 Å². The summed E-state index contributed by atoms with van der Waals surface area (Å²) >= 11 is 0. The lowest BCUT2D eigenvalue weighted by Crippen LogP contribution is -2.36. The molecule has 0 aliphatic carbocycles. The summed E-state index contributed by atoms with van der Waals surface area (Å²) in [5.41, 5.74) is 8.55. The van der Waals surface area contributed by atoms with Gasteiger partial charge in [0.15, 0.2) is 0 Å². The molecule has 98 valence electrons. The number of carboxylic acids is 1. The molecule has 0 saturated heterocycles. The molecule has 0 fully saturated rings. The molecule has 0 aromatic heterocycles. The molecule has 4 N–H and O–H groups in total. The van der Waals surface area contributed by atoms with Crippen molar-refractivity contribution in [3.8, 4) is 11.1 Å². The summed E-state index contributed by atoms with van der Waals surface area (Å²) in [6.45, 7) is 0.208. The van der Waals surface area contributed by atoms with Gasteiger partial charge in [0.05, 0.1) is 0 Å². The molecule has 19 heavy (non-hydrogen) atoms. The zero-order valence-corrected chi connectivity index (χ0v) is 10.4. The quantitative estimate of drug-likeness (QED) is 0.766. The number of carbonyl (C=O) groups is 1. The van der Waals surface area contributed by atoms with Crippen LogP contribution in [0.25, 0.3) is 11.1 Å². The minimum Gasteiger partial charge on any atom is -0.480 e. The number of benzene rings is 2. The highest BCUT2D eigenvalue weighted by molar-refractivity contribution is 5.74. The highest BCUT2D eigenvalue weighted by atomic mass is 16.4. The van der Waals surface area contributed by atoms with Gasteiger partial charge >= 0.3 is 5.97 Å². The summed E-state index contributed by atoms with van der Waals surface area (Å²) in [4.78, 5) is 10.6. The molecule has 2 aromatic carbocycles. The van der Waals surface area contributed by atoms with Crippen LogP contribution in [0.2, 0.25) is 0 Å². The number of aliphatic carboxylic acids is 1. The molecule has 4 heteroatoms. The number of nitrogens with one attached hydrogen (secondary N) is 1. The predicted octanol–water partition coefficient (Wildman–Crippen LogP) is 2.18. The molecule has 2 aromatic rings. The molecule has 2 rings (SSSR count). The van der Waals surface area contributed by atoms with Crippen molar-refractivity contribution in [1.29, 1.82) is 0 Å². The normalized spacial score (nSPS) is 11.8. The van der Waals surface area contributed by atoms with Gasteiger partial charge in [-0.15, -0.1) is 0 Å². The lowest BCUT2D eigenvalue weighted by Gasteiger charge is -2.10. The van der Waals surface area contributed by atoms with Crippen LogP contribution in [0.4, 0.5) is 5.69 Å². The van der Waals surface area contributed by atoms with Crippen LogP contribution in [0.1, 0.15) is 0 Å². The largest absolute Gasteiger partial charge is 0.480 e. The van der Waals surface area contributed by atoms with Gasteiger partial charge in [-0.2, -0.15) is 0 Å². The SMILES string of the molecule is NC(CNc1ccc(-c2ccccc2)cc1)C(=O)O. The highest BCUT2D eigenvalue weighted by Gasteiger charge is 2.10.